The molecule has 6 aliphatic rings. The molecule has 26 heteroatoms. The normalized spacial score (nSPS) is 19.1. The van der Waals surface area contributed by atoms with Crippen molar-refractivity contribution in [3.05, 3.63) is 0 Å². The summed E-state index contributed by atoms with van der Waals surface area (Å²) < 4.78 is 25.3. The van der Waals surface area contributed by atoms with Gasteiger partial charge in [-0.15, -0.1) is 0 Å². The summed E-state index contributed by atoms with van der Waals surface area (Å²) in [5, 5.41) is 27.6. The van der Waals surface area contributed by atoms with Crippen LogP contribution in [0.25, 0.3) is 0 Å². The maximum atomic E-state index is 11.9. The summed E-state index contributed by atoms with van der Waals surface area (Å²) in [6.07, 6.45) is 29.9. The van der Waals surface area contributed by atoms with Gasteiger partial charge in [0.1, 0.15) is 0 Å². The molecule has 0 aromatic heterocycles. The summed E-state index contributed by atoms with van der Waals surface area (Å²) in [7, 11) is 9.13. The molecule has 25 nitrogen and oxygen atoms in total. The number of hydrogen-bond acceptors (Lipinski definition) is 17. The maximum Gasteiger partial charge on any atom is 0.222 e. The second kappa shape index (κ2) is 64.8. The lowest BCUT2D eigenvalue weighted by atomic mass is 9.75. The van der Waals surface area contributed by atoms with Crippen LogP contribution >= 0.6 is 0 Å². The number of carbonyl (C=O) groups excluding carboxylic acids is 7. The van der Waals surface area contributed by atoms with Crippen LogP contribution in [-0.4, -0.2) is 293 Å². The number of amides is 7. The minimum Gasteiger partial charge on any atom is -0.356 e. The molecule has 3 aliphatic heterocycles. The number of likely N-dealkylation sites (tertiary alicyclic amines) is 3. The molecule has 4 atom stereocenters. The Morgan fingerprint density at radius 1 is 0.381 bits per heavy atom. The molecular weight excluding hydrogens is 1450 g/mol. The van der Waals surface area contributed by atoms with Crippen molar-refractivity contribution in [3.63, 3.8) is 0 Å². The topological polar surface area (TPSA) is 285 Å². The van der Waals surface area contributed by atoms with Crippen LogP contribution < -0.4 is 47.9 Å². The maximum absolute atomic E-state index is 11.9. The zero-order valence-corrected chi connectivity index (χ0v) is 77.5. The number of piperidine rings is 3. The predicted molar refractivity (Wildman–Crippen MR) is 471 cm³/mol. The number of rotatable bonds is 38. The molecule has 113 heavy (non-hydrogen) atoms. The van der Waals surface area contributed by atoms with Crippen LogP contribution in [0.3, 0.4) is 0 Å². The number of sulfonamides is 1. The van der Waals surface area contributed by atoms with Crippen molar-refractivity contribution in [1.82, 2.24) is 81.6 Å². The molecule has 6 rings (SSSR count). The lowest BCUT2D eigenvalue weighted by molar-refractivity contribution is -0.125. The Balaban J connectivity index is 0.00000131. The van der Waals surface area contributed by atoms with Crippen molar-refractivity contribution in [2.24, 2.45) is 53.3 Å². The van der Waals surface area contributed by atoms with E-state index in [1.54, 1.807) is 4.31 Å². The van der Waals surface area contributed by atoms with E-state index in [1.807, 2.05) is 137 Å². The molecule has 3 aliphatic carbocycles. The molecule has 3 saturated heterocycles. The Morgan fingerprint density at radius 3 is 1.21 bits per heavy atom. The van der Waals surface area contributed by atoms with Gasteiger partial charge in [0.25, 0.3) is 0 Å². The third-order valence-electron chi connectivity index (χ3n) is 21.9. The molecule has 3 heterocycles. The third kappa shape index (κ3) is 56.8. The van der Waals surface area contributed by atoms with Crippen LogP contribution in [0.4, 0.5) is 0 Å². The van der Waals surface area contributed by atoms with Crippen molar-refractivity contribution in [2.75, 3.05) is 179 Å². The minimum atomic E-state index is -3.20. The summed E-state index contributed by atoms with van der Waals surface area (Å²) >= 11 is 0. The molecule has 0 bridgehead atoms. The first-order chi connectivity index (χ1) is 53.3. The van der Waals surface area contributed by atoms with E-state index >= 15 is 0 Å². The van der Waals surface area contributed by atoms with Crippen molar-refractivity contribution in [1.29, 1.82) is 0 Å². The van der Waals surface area contributed by atoms with Crippen molar-refractivity contribution in [3.8, 4) is 0 Å². The van der Waals surface area contributed by atoms with Gasteiger partial charge in [0.2, 0.25) is 51.4 Å². The summed E-state index contributed by atoms with van der Waals surface area (Å²) in [4.78, 5) is 93.3. The highest BCUT2D eigenvalue weighted by Gasteiger charge is 2.32. The highest BCUT2D eigenvalue weighted by molar-refractivity contribution is 7.88. The summed E-state index contributed by atoms with van der Waals surface area (Å²) in [6.45, 7) is 50.3. The van der Waals surface area contributed by atoms with Crippen LogP contribution in [0, 0.1) is 53.3 Å². The van der Waals surface area contributed by atoms with Crippen LogP contribution in [0.1, 0.15) is 258 Å². The molecule has 9 N–H and O–H groups in total. The lowest BCUT2D eigenvalue weighted by Crippen LogP contribution is -2.45. The predicted octanol–water partition coefficient (Wildman–Crippen LogP) is 9.51. The van der Waals surface area contributed by atoms with E-state index in [1.165, 1.54) is 135 Å². The van der Waals surface area contributed by atoms with Gasteiger partial charge in [-0.05, 0) is 203 Å². The van der Waals surface area contributed by atoms with E-state index in [0.29, 0.717) is 25.2 Å². The van der Waals surface area contributed by atoms with Crippen LogP contribution in [0.15, 0.2) is 0 Å². The van der Waals surface area contributed by atoms with Crippen LogP contribution in [0.5, 0.6) is 0 Å². The first kappa shape index (κ1) is 109. The smallest absolute Gasteiger partial charge is 0.222 e. The molecule has 4 unspecified atom stereocenters. The molecule has 7 amide bonds. The Bertz CT molecular complexity index is 2580. The van der Waals surface area contributed by atoms with Gasteiger partial charge < -0.3 is 77.3 Å². The highest BCUT2D eigenvalue weighted by Crippen LogP contribution is 2.36. The monoisotopic (exact) mass is 1620 g/mol. The first-order valence-corrected chi connectivity index (χ1v) is 46.7. The van der Waals surface area contributed by atoms with E-state index in [-0.39, 0.29) is 94.9 Å². The largest absolute Gasteiger partial charge is 0.356 e. The van der Waals surface area contributed by atoms with E-state index in [0.717, 1.165) is 154 Å². The number of carbonyl (C=O) groups is 7. The highest BCUT2D eigenvalue weighted by atomic mass is 32.2. The van der Waals surface area contributed by atoms with Gasteiger partial charge in [0.05, 0.1) is 6.26 Å². The molecule has 0 aromatic carbocycles. The van der Waals surface area contributed by atoms with Gasteiger partial charge in [-0.3, -0.25) is 33.6 Å². The van der Waals surface area contributed by atoms with Gasteiger partial charge in [-0.2, -0.15) is 4.31 Å². The zero-order chi connectivity index (χ0) is 85.4. The van der Waals surface area contributed by atoms with Crippen molar-refractivity contribution >= 4 is 51.4 Å². The van der Waals surface area contributed by atoms with E-state index in [2.05, 4.69) is 93.4 Å². The van der Waals surface area contributed by atoms with Gasteiger partial charge in [0.15, 0.2) is 0 Å². The van der Waals surface area contributed by atoms with Crippen molar-refractivity contribution in [2.45, 2.75) is 289 Å². The second-order valence-corrected chi connectivity index (χ2v) is 37.7. The quantitative estimate of drug-likeness (QED) is 0.0260. The average molecular weight is 1620 g/mol. The molecule has 3 saturated carbocycles. The second-order valence-electron chi connectivity index (χ2n) is 35.8. The molecule has 666 valence electrons. The Kier molecular flexibility index (Phi) is 62.5. The number of likely N-dealkylation sites (N-methyl/N-ethyl adjacent to an activating group) is 3. The van der Waals surface area contributed by atoms with Gasteiger partial charge in [-0.25, -0.2) is 8.42 Å². The van der Waals surface area contributed by atoms with Gasteiger partial charge >= 0.3 is 0 Å². The molecule has 0 aromatic rings. The average Bonchev–Trinajstić information content (AvgIpc) is 0.839. The standard InChI is InChI=1S/C16H30N2O.C15H30N2O.2C13H27N3O.C13H26N2O3S.C9H20N2O.C8H18N2O/c1-13(2)16(19)17-9-5-10-18-11-8-14-6-3-4-7-15(14)12-18;1-4-17(14-9-6-5-7-10-14)12-8-11-16-15(18)13(2)3;1-11(2)13(17)15-8-4-7-14-12-5-9-16(3)10-6-12;1-11(2)13(17)15-8-5-7-14-12-6-4-9-16(3)10-12;1-11(2)13(16)14-9-10-15(19(3,17)18)12-7-5-4-6-8-12;1-7(2)9(12)10-8(3)6-11(4)5;1-7(2)8(11)9-5-6-10(3)4/h13-15H,3-12H2,1-2H3,(H,17,19);13-14H,4-12H2,1-3H3,(H,16,18);2*11-12,14H,4-10H2,1-3H3,(H,15,17);11-12H,4-10H2,1-3H3,(H,14,16);7-8H,6H2,1-5H3,(H,10,12);7H,5-6H2,1-4H3,(H,9,11). The van der Waals surface area contributed by atoms with Crippen LogP contribution in [-0.2, 0) is 43.6 Å². The number of nitrogens with one attached hydrogen (secondary N) is 9. The zero-order valence-electron chi connectivity index (χ0n) is 76.7. The number of hydrogen-bond donors (Lipinski definition) is 9. The van der Waals surface area contributed by atoms with Crippen molar-refractivity contribution < 1.29 is 42.0 Å². The first-order valence-electron chi connectivity index (χ1n) is 44.8. The molecular formula is C87H178N16O9S. The minimum absolute atomic E-state index is 0.0305. The van der Waals surface area contributed by atoms with E-state index in [9.17, 15) is 42.0 Å². The molecule has 0 spiro atoms. The van der Waals surface area contributed by atoms with Gasteiger partial charge in [-0.1, -0.05) is 162 Å². The molecule has 0 radical (unpaired) electrons. The van der Waals surface area contributed by atoms with E-state index < -0.39 is 10.0 Å². The summed E-state index contributed by atoms with van der Waals surface area (Å²) in [5.74, 6) is 3.39. The summed E-state index contributed by atoms with van der Waals surface area (Å²) in [6, 6.07) is 2.45. The lowest BCUT2D eigenvalue weighted by Gasteiger charge is -2.41. The Morgan fingerprint density at radius 2 is 0.788 bits per heavy atom. The van der Waals surface area contributed by atoms with Gasteiger partial charge in [0, 0.05) is 150 Å². The summed E-state index contributed by atoms with van der Waals surface area (Å²) in [5.41, 5.74) is 0. The Labute approximate surface area is 692 Å². The molecule has 6 fully saturated rings. The Hall–Kier alpha value is -4.12. The number of fused-ring (bicyclic) bond motifs is 1. The SMILES string of the molecule is CC(C)C(=O)NCCCN1CCC2CCCCC2C1.CC(C)C(=O)NCCCNC1CCCN(C)C1.CC(C)C(=O)NCCCNC1CCN(C)CC1.CC(C)C(=O)NCCN(C)C.CC(C)C(=O)NCCN(C1CCCCC1)S(C)(=O)=O.CC(CN(C)C)NC(=O)C(C)C.CCN(CCCNC(=O)C(C)C)C1CCCCC1. The number of nitrogens with zero attached hydrogens (tertiary/aromatic N) is 7. The fourth-order valence-corrected chi connectivity index (χ4v) is 15.8. The third-order valence-corrected chi connectivity index (χ3v) is 23.2. The van der Waals surface area contributed by atoms with E-state index in [4.69, 9.17) is 0 Å². The fraction of sp³-hybridized carbons (Fsp3) is 0.920. The fourth-order valence-electron chi connectivity index (χ4n) is 14.6. The van der Waals surface area contributed by atoms with Crippen LogP contribution in [0.2, 0.25) is 0 Å².